The number of nitrogens with zero attached hydrogens (tertiary/aromatic N) is 1. The summed E-state index contributed by atoms with van der Waals surface area (Å²) in [5.74, 6) is 0. The summed E-state index contributed by atoms with van der Waals surface area (Å²) >= 11 is 0. The van der Waals surface area contributed by atoms with Crippen molar-refractivity contribution >= 4 is 17.2 Å². The van der Waals surface area contributed by atoms with Crippen LogP contribution in [0.3, 0.4) is 0 Å². The standard InChI is InChI=1S/C9H8N2O/c1-6-8(5-12)7-4-10-3-2-9(7)11-6/h2-5,11H,1H3. The molecule has 3 heteroatoms. The van der Waals surface area contributed by atoms with Crippen LogP contribution in [0.1, 0.15) is 16.1 Å². The topological polar surface area (TPSA) is 45.8 Å². The van der Waals surface area contributed by atoms with Gasteiger partial charge in [-0.3, -0.25) is 9.78 Å². The van der Waals surface area contributed by atoms with Crippen molar-refractivity contribution in [1.29, 1.82) is 0 Å². The lowest BCUT2D eigenvalue weighted by Crippen LogP contribution is -1.79. The Morgan fingerprint density at radius 2 is 2.42 bits per heavy atom. The molecule has 0 aliphatic rings. The molecule has 0 fully saturated rings. The number of H-pyrrole nitrogens is 1. The lowest BCUT2D eigenvalue weighted by molar-refractivity contribution is 0.112. The molecule has 3 nitrogen and oxygen atoms in total. The molecule has 0 aliphatic carbocycles. The molecule has 0 aromatic carbocycles. The van der Waals surface area contributed by atoms with E-state index in [9.17, 15) is 4.79 Å². The van der Waals surface area contributed by atoms with E-state index < -0.39 is 0 Å². The van der Waals surface area contributed by atoms with Gasteiger partial charge in [0.25, 0.3) is 0 Å². The predicted molar refractivity (Wildman–Crippen MR) is 46.2 cm³/mol. The SMILES string of the molecule is Cc1[nH]c2ccncc2c1C=O. The van der Waals surface area contributed by atoms with Gasteiger partial charge < -0.3 is 4.98 Å². The van der Waals surface area contributed by atoms with Gasteiger partial charge in [-0.1, -0.05) is 0 Å². The third-order valence-electron chi connectivity index (χ3n) is 1.96. The van der Waals surface area contributed by atoms with Crippen LogP contribution in [-0.4, -0.2) is 16.3 Å². The fraction of sp³-hybridized carbons (Fsp3) is 0.111. The van der Waals surface area contributed by atoms with Gasteiger partial charge in [0.05, 0.1) is 0 Å². The van der Waals surface area contributed by atoms with Gasteiger partial charge in [-0.2, -0.15) is 0 Å². The van der Waals surface area contributed by atoms with Gasteiger partial charge in [-0.15, -0.1) is 0 Å². The summed E-state index contributed by atoms with van der Waals surface area (Å²) in [6.45, 7) is 1.88. The van der Waals surface area contributed by atoms with Crippen LogP contribution in [-0.2, 0) is 0 Å². The molecule has 2 heterocycles. The molecule has 0 saturated carbocycles. The zero-order chi connectivity index (χ0) is 8.55. The number of rotatable bonds is 1. The molecule has 0 spiro atoms. The molecule has 1 N–H and O–H groups in total. The number of aldehydes is 1. The highest BCUT2D eigenvalue weighted by Gasteiger charge is 2.05. The van der Waals surface area contributed by atoms with E-state index in [1.54, 1.807) is 12.4 Å². The number of hydrogen-bond donors (Lipinski definition) is 1. The molecular formula is C9H8N2O. The highest BCUT2D eigenvalue weighted by atomic mass is 16.1. The van der Waals surface area contributed by atoms with E-state index >= 15 is 0 Å². The van der Waals surface area contributed by atoms with Crippen LogP contribution < -0.4 is 0 Å². The normalized spacial score (nSPS) is 10.4. The zero-order valence-corrected chi connectivity index (χ0v) is 6.66. The van der Waals surface area contributed by atoms with Gasteiger partial charge in [0, 0.05) is 34.6 Å². The Labute approximate surface area is 69.4 Å². The number of carbonyl (C=O) groups is 1. The van der Waals surface area contributed by atoms with Crippen molar-refractivity contribution in [1.82, 2.24) is 9.97 Å². The fourth-order valence-corrected chi connectivity index (χ4v) is 1.34. The van der Waals surface area contributed by atoms with E-state index in [2.05, 4.69) is 9.97 Å². The van der Waals surface area contributed by atoms with Gasteiger partial charge in [-0.05, 0) is 13.0 Å². The summed E-state index contributed by atoms with van der Waals surface area (Å²) in [6.07, 6.45) is 4.26. The fourth-order valence-electron chi connectivity index (χ4n) is 1.34. The van der Waals surface area contributed by atoms with E-state index in [1.807, 2.05) is 13.0 Å². The van der Waals surface area contributed by atoms with E-state index in [-0.39, 0.29) is 0 Å². The summed E-state index contributed by atoms with van der Waals surface area (Å²) < 4.78 is 0. The van der Waals surface area contributed by atoms with Crippen LogP contribution in [0.2, 0.25) is 0 Å². The minimum atomic E-state index is 0.707. The first kappa shape index (κ1) is 7.03. The molecule has 2 rings (SSSR count). The van der Waals surface area contributed by atoms with Crippen LogP contribution in [0.15, 0.2) is 18.5 Å². The van der Waals surface area contributed by atoms with Crippen LogP contribution in [0.25, 0.3) is 10.9 Å². The van der Waals surface area contributed by atoms with Gasteiger partial charge in [-0.25, -0.2) is 0 Å². The quantitative estimate of drug-likeness (QED) is 0.645. The van der Waals surface area contributed by atoms with Crippen molar-refractivity contribution in [2.24, 2.45) is 0 Å². The first-order valence-electron chi connectivity index (χ1n) is 3.70. The second-order valence-electron chi connectivity index (χ2n) is 2.70. The van der Waals surface area contributed by atoms with Gasteiger partial charge in [0.15, 0.2) is 6.29 Å². The second-order valence-corrected chi connectivity index (χ2v) is 2.70. The molecule has 0 unspecified atom stereocenters. The predicted octanol–water partition coefficient (Wildman–Crippen LogP) is 1.68. The Bertz CT molecular complexity index is 431. The van der Waals surface area contributed by atoms with Crippen molar-refractivity contribution in [3.63, 3.8) is 0 Å². The molecule has 0 saturated heterocycles. The number of nitrogens with one attached hydrogen (secondary N) is 1. The highest BCUT2D eigenvalue weighted by molar-refractivity contribution is 5.98. The number of aryl methyl sites for hydroxylation is 1. The Morgan fingerprint density at radius 1 is 1.58 bits per heavy atom. The Balaban J connectivity index is 2.90. The number of aromatic nitrogens is 2. The van der Waals surface area contributed by atoms with Gasteiger partial charge >= 0.3 is 0 Å². The van der Waals surface area contributed by atoms with E-state index in [4.69, 9.17) is 0 Å². The number of aromatic amines is 1. The third-order valence-corrected chi connectivity index (χ3v) is 1.96. The molecule has 0 amide bonds. The Kier molecular flexibility index (Phi) is 1.43. The molecule has 0 bridgehead atoms. The van der Waals surface area contributed by atoms with Crippen molar-refractivity contribution < 1.29 is 4.79 Å². The first-order valence-corrected chi connectivity index (χ1v) is 3.70. The Morgan fingerprint density at radius 3 is 3.17 bits per heavy atom. The Hall–Kier alpha value is -1.64. The molecule has 0 radical (unpaired) electrons. The van der Waals surface area contributed by atoms with Crippen LogP contribution in [0.5, 0.6) is 0 Å². The smallest absolute Gasteiger partial charge is 0.152 e. The zero-order valence-electron chi connectivity index (χ0n) is 6.66. The summed E-state index contributed by atoms with van der Waals surface area (Å²) in [5.41, 5.74) is 2.57. The molecule has 60 valence electrons. The van der Waals surface area contributed by atoms with Crippen LogP contribution >= 0.6 is 0 Å². The largest absolute Gasteiger partial charge is 0.358 e. The second kappa shape index (κ2) is 2.44. The van der Waals surface area contributed by atoms with Crippen molar-refractivity contribution in [3.05, 3.63) is 29.7 Å². The number of fused-ring (bicyclic) bond motifs is 1. The van der Waals surface area contributed by atoms with Crippen LogP contribution in [0, 0.1) is 6.92 Å². The van der Waals surface area contributed by atoms with E-state index in [1.165, 1.54) is 0 Å². The average Bonchev–Trinajstić information content (AvgIpc) is 2.40. The maximum absolute atomic E-state index is 10.7. The van der Waals surface area contributed by atoms with Gasteiger partial charge in [0.1, 0.15) is 0 Å². The number of carbonyl (C=O) groups excluding carboxylic acids is 1. The highest BCUT2D eigenvalue weighted by Crippen LogP contribution is 2.18. The monoisotopic (exact) mass is 160 g/mol. The lowest BCUT2D eigenvalue weighted by atomic mass is 10.2. The summed E-state index contributed by atoms with van der Waals surface area (Å²) in [7, 11) is 0. The minimum absolute atomic E-state index is 0.707. The van der Waals surface area contributed by atoms with Crippen molar-refractivity contribution in [3.8, 4) is 0 Å². The van der Waals surface area contributed by atoms with Crippen LogP contribution in [0.4, 0.5) is 0 Å². The van der Waals surface area contributed by atoms with E-state index in [0.717, 1.165) is 22.9 Å². The first-order chi connectivity index (χ1) is 5.83. The van der Waals surface area contributed by atoms with Crippen molar-refractivity contribution in [2.45, 2.75) is 6.92 Å². The number of pyridine rings is 1. The average molecular weight is 160 g/mol. The molecule has 2 aromatic heterocycles. The minimum Gasteiger partial charge on any atom is -0.358 e. The third kappa shape index (κ3) is 0.830. The summed E-state index contributed by atoms with van der Waals surface area (Å²) in [6, 6.07) is 1.86. The molecule has 2 aromatic rings. The maximum Gasteiger partial charge on any atom is 0.152 e. The van der Waals surface area contributed by atoms with Gasteiger partial charge in [0.2, 0.25) is 0 Å². The molecule has 12 heavy (non-hydrogen) atoms. The maximum atomic E-state index is 10.7. The van der Waals surface area contributed by atoms with Crippen molar-refractivity contribution in [2.75, 3.05) is 0 Å². The molecule has 0 aliphatic heterocycles. The van der Waals surface area contributed by atoms with E-state index in [0.29, 0.717) is 5.56 Å². The summed E-state index contributed by atoms with van der Waals surface area (Å²) in [4.78, 5) is 17.7. The number of hydrogen-bond acceptors (Lipinski definition) is 2. The summed E-state index contributed by atoms with van der Waals surface area (Å²) in [5, 5.41) is 0.894. The molecule has 0 atom stereocenters. The lowest BCUT2D eigenvalue weighted by Gasteiger charge is -1.86. The molecular weight excluding hydrogens is 152 g/mol.